The zero-order chi connectivity index (χ0) is 19.3. The van der Waals surface area contributed by atoms with Gasteiger partial charge in [-0.15, -0.1) is 0 Å². The Bertz CT molecular complexity index is 892. The van der Waals surface area contributed by atoms with Crippen molar-refractivity contribution in [3.8, 4) is 0 Å². The molecule has 26 heavy (non-hydrogen) atoms. The second-order valence-corrected chi connectivity index (χ2v) is 8.62. The zero-order valence-electron chi connectivity index (χ0n) is 15.7. The lowest BCUT2D eigenvalue weighted by atomic mass is 10.1. The molecule has 0 aliphatic heterocycles. The van der Waals surface area contributed by atoms with Crippen LogP contribution in [0, 0.1) is 20.8 Å². The molecule has 0 aliphatic rings. The fourth-order valence-corrected chi connectivity index (χ4v) is 3.46. The molecule has 0 fully saturated rings. The zero-order valence-corrected chi connectivity index (χ0v) is 16.6. The number of hydrogen-bond donors (Lipinski definition) is 1. The number of aryl methyl sites for hydroxylation is 3. The van der Waals surface area contributed by atoms with Gasteiger partial charge in [0.1, 0.15) is 0 Å². The number of rotatable bonds is 7. The maximum absolute atomic E-state index is 12.3. The third kappa shape index (κ3) is 5.68. The van der Waals surface area contributed by atoms with Crippen LogP contribution in [0.3, 0.4) is 0 Å². The van der Waals surface area contributed by atoms with E-state index in [0.717, 1.165) is 22.3 Å². The van der Waals surface area contributed by atoms with E-state index in [4.69, 9.17) is 0 Å². The number of nitrogens with one attached hydrogen (secondary N) is 1. The van der Waals surface area contributed by atoms with E-state index in [1.807, 2.05) is 57.2 Å². The molecule has 1 N–H and O–H groups in total. The first-order chi connectivity index (χ1) is 12.2. The largest absolute Gasteiger partial charge is 0.351 e. The predicted molar refractivity (Wildman–Crippen MR) is 105 cm³/mol. The van der Waals surface area contributed by atoms with Gasteiger partial charge in [0, 0.05) is 25.2 Å². The van der Waals surface area contributed by atoms with Gasteiger partial charge in [-0.1, -0.05) is 35.9 Å². The second kappa shape index (κ2) is 8.47. The highest BCUT2D eigenvalue weighted by molar-refractivity contribution is 7.88. The number of sulfonamides is 1. The Morgan fingerprint density at radius 2 is 1.77 bits per heavy atom. The summed E-state index contributed by atoms with van der Waals surface area (Å²) in [6.07, 6.45) is 1.19. The van der Waals surface area contributed by atoms with Crippen molar-refractivity contribution in [3.63, 3.8) is 0 Å². The van der Waals surface area contributed by atoms with Gasteiger partial charge in [0.25, 0.3) is 5.91 Å². The number of hydrogen-bond acceptors (Lipinski definition) is 3. The highest BCUT2D eigenvalue weighted by Crippen LogP contribution is 2.11. The van der Waals surface area contributed by atoms with Gasteiger partial charge in [0.15, 0.2) is 0 Å². The van der Waals surface area contributed by atoms with E-state index in [1.54, 1.807) is 6.07 Å². The number of benzene rings is 2. The van der Waals surface area contributed by atoms with E-state index < -0.39 is 10.0 Å². The Kier molecular flexibility index (Phi) is 6.56. The fourth-order valence-electron chi connectivity index (χ4n) is 2.66. The molecule has 2 aromatic rings. The van der Waals surface area contributed by atoms with E-state index in [2.05, 4.69) is 5.32 Å². The van der Waals surface area contributed by atoms with Crippen LogP contribution >= 0.6 is 0 Å². The molecule has 2 rings (SSSR count). The smallest absolute Gasteiger partial charge is 0.251 e. The van der Waals surface area contributed by atoms with Gasteiger partial charge >= 0.3 is 0 Å². The van der Waals surface area contributed by atoms with Crippen LogP contribution in [-0.2, 0) is 16.6 Å². The van der Waals surface area contributed by atoms with Gasteiger partial charge in [-0.3, -0.25) is 4.79 Å². The van der Waals surface area contributed by atoms with Crippen LogP contribution < -0.4 is 5.32 Å². The minimum Gasteiger partial charge on any atom is -0.351 e. The molecule has 140 valence electrons. The van der Waals surface area contributed by atoms with Crippen LogP contribution in [0.2, 0.25) is 0 Å². The van der Waals surface area contributed by atoms with Gasteiger partial charge in [-0.05, 0) is 49.6 Å². The summed E-state index contributed by atoms with van der Waals surface area (Å²) in [5.74, 6) is -0.197. The van der Waals surface area contributed by atoms with Crippen molar-refractivity contribution in [1.29, 1.82) is 0 Å². The van der Waals surface area contributed by atoms with Crippen LogP contribution in [0.1, 0.15) is 32.6 Å². The van der Waals surface area contributed by atoms with Crippen molar-refractivity contribution in [2.75, 3.05) is 19.3 Å². The van der Waals surface area contributed by atoms with Crippen molar-refractivity contribution >= 4 is 15.9 Å². The quantitative estimate of drug-likeness (QED) is 0.810. The Balaban J connectivity index is 1.99. The Labute approximate surface area is 156 Å². The van der Waals surface area contributed by atoms with E-state index in [0.29, 0.717) is 12.1 Å². The first kappa shape index (κ1) is 20.1. The average Bonchev–Trinajstić information content (AvgIpc) is 2.55. The lowest BCUT2D eigenvalue weighted by Crippen LogP contribution is -2.37. The van der Waals surface area contributed by atoms with Gasteiger partial charge in [-0.2, -0.15) is 4.31 Å². The van der Waals surface area contributed by atoms with E-state index in [9.17, 15) is 13.2 Å². The topological polar surface area (TPSA) is 66.5 Å². The summed E-state index contributed by atoms with van der Waals surface area (Å²) in [7, 11) is -3.37. The molecule has 0 saturated heterocycles. The van der Waals surface area contributed by atoms with Gasteiger partial charge in [0.2, 0.25) is 10.0 Å². The molecule has 0 saturated carbocycles. The van der Waals surface area contributed by atoms with Crippen molar-refractivity contribution in [3.05, 3.63) is 70.3 Å². The second-order valence-electron chi connectivity index (χ2n) is 6.64. The molecule has 0 unspecified atom stereocenters. The minimum absolute atomic E-state index is 0.197. The third-order valence-electron chi connectivity index (χ3n) is 4.33. The minimum atomic E-state index is -3.37. The predicted octanol–water partition coefficient (Wildman–Crippen LogP) is 2.80. The summed E-state index contributed by atoms with van der Waals surface area (Å²) in [4.78, 5) is 12.3. The molecule has 0 atom stereocenters. The summed E-state index contributed by atoms with van der Waals surface area (Å²) in [5.41, 5.74) is 4.77. The van der Waals surface area contributed by atoms with Crippen LogP contribution in [0.4, 0.5) is 0 Å². The van der Waals surface area contributed by atoms with Gasteiger partial charge in [-0.25, -0.2) is 8.42 Å². The summed E-state index contributed by atoms with van der Waals surface area (Å²) in [6, 6.07) is 13.3. The summed E-state index contributed by atoms with van der Waals surface area (Å²) in [6.45, 7) is 6.69. The number of amides is 1. The van der Waals surface area contributed by atoms with Crippen LogP contribution in [-0.4, -0.2) is 38.0 Å². The Morgan fingerprint density at radius 1 is 1.04 bits per heavy atom. The number of carbonyl (C=O) groups is 1. The summed E-state index contributed by atoms with van der Waals surface area (Å²) in [5, 5.41) is 2.80. The summed E-state index contributed by atoms with van der Waals surface area (Å²) >= 11 is 0. The molecule has 6 heteroatoms. The van der Waals surface area contributed by atoms with E-state index in [-0.39, 0.29) is 19.0 Å². The molecule has 0 radical (unpaired) electrons. The molecule has 0 heterocycles. The van der Waals surface area contributed by atoms with Crippen LogP contribution in [0.15, 0.2) is 42.5 Å². The van der Waals surface area contributed by atoms with Crippen molar-refractivity contribution < 1.29 is 13.2 Å². The molecule has 1 amide bonds. The average molecular weight is 375 g/mol. The molecular formula is C20H26N2O3S. The molecule has 0 bridgehead atoms. The SMILES string of the molecule is Cc1cccc(CN(CCNC(=O)c2ccc(C)c(C)c2)S(C)(=O)=O)c1. The van der Waals surface area contributed by atoms with Crippen molar-refractivity contribution in [1.82, 2.24) is 9.62 Å². The van der Waals surface area contributed by atoms with E-state index in [1.165, 1.54) is 10.6 Å². The number of carbonyl (C=O) groups excluding carboxylic acids is 1. The summed E-state index contributed by atoms with van der Waals surface area (Å²) < 4.78 is 25.5. The molecule has 0 spiro atoms. The molecule has 0 aromatic heterocycles. The van der Waals surface area contributed by atoms with Crippen molar-refractivity contribution in [2.24, 2.45) is 0 Å². The molecular weight excluding hydrogens is 348 g/mol. The van der Waals surface area contributed by atoms with E-state index >= 15 is 0 Å². The highest BCUT2D eigenvalue weighted by Gasteiger charge is 2.17. The van der Waals surface area contributed by atoms with Gasteiger partial charge in [0.05, 0.1) is 6.26 Å². The van der Waals surface area contributed by atoms with Crippen LogP contribution in [0.5, 0.6) is 0 Å². The highest BCUT2D eigenvalue weighted by atomic mass is 32.2. The third-order valence-corrected chi connectivity index (χ3v) is 5.58. The Morgan fingerprint density at radius 3 is 2.38 bits per heavy atom. The maximum atomic E-state index is 12.3. The normalized spacial score (nSPS) is 11.6. The molecule has 2 aromatic carbocycles. The van der Waals surface area contributed by atoms with Crippen molar-refractivity contribution in [2.45, 2.75) is 27.3 Å². The maximum Gasteiger partial charge on any atom is 0.251 e. The number of nitrogens with zero attached hydrogens (tertiary/aromatic N) is 1. The lowest BCUT2D eigenvalue weighted by Gasteiger charge is -2.20. The van der Waals surface area contributed by atoms with Crippen LogP contribution in [0.25, 0.3) is 0 Å². The first-order valence-electron chi connectivity index (χ1n) is 8.53. The lowest BCUT2D eigenvalue weighted by molar-refractivity contribution is 0.0951. The Hall–Kier alpha value is -2.18. The van der Waals surface area contributed by atoms with Gasteiger partial charge < -0.3 is 5.32 Å². The fraction of sp³-hybridized carbons (Fsp3) is 0.350. The first-order valence-corrected chi connectivity index (χ1v) is 10.4. The monoisotopic (exact) mass is 374 g/mol. The molecule has 5 nitrogen and oxygen atoms in total. The molecule has 0 aliphatic carbocycles. The standard InChI is InChI=1S/C20H26N2O3S/c1-15-6-5-7-18(12-15)14-22(26(4,24)25)11-10-21-20(23)19-9-8-16(2)17(3)13-19/h5-9,12-13H,10-11,14H2,1-4H3,(H,21,23).